The minimum absolute atomic E-state index is 0.163. The van der Waals surface area contributed by atoms with Crippen LogP contribution < -0.4 is 19.5 Å². The fourth-order valence-corrected chi connectivity index (χ4v) is 4.47. The van der Waals surface area contributed by atoms with Gasteiger partial charge in [0.1, 0.15) is 23.9 Å². The van der Waals surface area contributed by atoms with Gasteiger partial charge < -0.3 is 24.3 Å². The highest BCUT2D eigenvalue weighted by Crippen LogP contribution is 2.23. The highest BCUT2D eigenvalue weighted by atomic mass is 16.6. The monoisotopic (exact) mass is 581 g/mol. The summed E-state index contributed by atoms with van der Waals surface area (Å²) < 4.78 is 22.3. The lowest BCUT2D eigenvalue weighted by Gasteiger charge is -2.18. The van der Waals surface area contributed by atoms with Gasteiger partial charge in [-0.15, -0.1) is 0 Å². The Hall–Kier alpha value is -4.78. The van der Waals surface area contributed by atoms with Crippen molar-refractivity contribution in [2.45, 2.75) is 39.2 Å². The van der Waals surface area contributed by atoms with Crippen molar-refractivity contribution in [1.82, 2.24) is 5.32 Å². The largest absolute Gasteiger partial charge is 0.497 e. The molecule has 7 heteroatoms. The van der Waals surface area contributed by atoms with E-state index < -0.39 is 12.1 Å². The van der Waals surface area contributed by atoms with Crippen molar-refractivity contribution in [3.05, 3.63) is 114 Å². The van der Waals surface area contributed by atoms with E-state index in [4.69, 9.17) is 18.9 Å². The van der Waals surface area contributed by atoms with Crippen LogP contribution in [0.3, 0.4) is 0 Å². The average molecular weight is 582 g/mol. The summed E-state index contributed by atoms with van der Waals surface area (Å²) in [5.74, 6) is 1.94. The second-order valence-electron chi connectivity index (χ2n) is 10.3. The van der Waals surface area contributed by atoms with Crippen molar-refractivity contribution in [3.63, 3.8) is 0 Å². The summed E-state index contributed by atoms with van der Waals surface area (Å²) in [6.45, 7) is 6.99. The molecule has 0 aliphatic rings. The first-order valence-corrected chi connectivity index (χ1v) is 14.5. The molecule has 7 nitrogen and oxygen atoms in total. The molecule has 0 saturated heterocycles. The first-order valence-electron chi connectivity index (χ1n) is 14.5. The van der Waals surface area contributed by atoms with Crippen LogP contribution in [0.5, 0.6) is 17.2 Å². The molecule has 0 aliphatic heterocycles. The van der Waals surface area contributed by atoms with Gasteiger partial charge in [-0.3, -0.25) is 4.79 Å². The second kappa shape index (κ2) is 15.4. The number of hydrogen-bond donors (Lipinski definition) is 1. The Morgan fingerprint density at radius 2 is 1.33 bits per heavy atom. The van der Waals surface area contributed by atoms with E-state index >= 15 is 0 Å². The molecule has 1 atom stereocenters. The Labute approximate surface area is 253 Å². The Kier molecular flexibility index (Phi) is 11.2. The number of carbonyl (C=O) groups is 2. The van der Waals surface area contributed by atoms with E-state index in [2.05, 4.69) is 19.2 Å². The lowest BCUT2D eigenvalue weighted by atomic mass is 10.0. The maximum absolute atomic E-state index is 12.6. The van der Waals surface area contributed by atoms with Crippen molar-refractivity contribution in [2.75, 3.05) is 26.9 Å². The summed E-state index contributed by atoms with van der Waals surface area (Å²) in [6.07, 6.45) is -0.407. The molecule has 0 aliphatic carbocycles. The van der Waals surface area contributed by atoms with Gasteiger partial charge in [-0.05, 0) is 83.6 Å². The Bertz CT molecular complexity index is 1450. The first-order chi connectivity index (χ1) is 20.9. The number of hydrogen-bond acceptors (Lipinski definition) is 6. The lowest BCUT2D eigenvalue weighted by molar-refractivity contribution is -0.151. The zero-order chi connectivity index (χ0) is 30.6. The molecule has 0 aromatic heterocycles. The third kappa shape index (κ3) is 9.10. The van der Waals surface area contributed by atoms with Gasteiger partial charge in [0.15, 0.2) is 6.10 Å². The van der Waals surface area contributed by atoms with Crippen molar-refractivity contribution in [3.8, 4) is 28.4 Å². The molecule has 1 unspecified atom stereocenters. The summed E-state index contributed by atoms with van der Waals surface area (Å²) >= 11 is 0. The van der Waals surface area contributed by atoms with Gasteiger partial charge in [0.05, 0.1) is 20.3 Å². The maximum Gasteiger partial charge on any atom is 0.347 e. The Balaban J connectivity index is 1.25. The smallest absolute Gasteiger partial charge is 0.347 e. The summed E-state index contributed by atoms with van der Waals surface area (Å²) in [7, 11) is 1.64. The van der Waals surface area contributed by atoms with Gasteiger partial charge in [-0.25, -0.2) is 4.79 Å². The van der Waals surface area contributed by atoms with Crippen LogP contribution in [-0.2, 0) is 16.0 Å². The molecule has 1 N–H and O–H groups in total. The fraction of sp³-hybridized carbons (Fsp3) is 0.278. The van der Waals surface area contributed by atoms with Gasteiger partial charge in [-0.2, -0.15) is 0 Å². The predicted octanol–water partition coefficient (Wildman–Crippen LogP) is 6.85. The van der Waals surface area contributed by atoms with E-state index in [0.717, 1.165) is 22.4 Å². The Morgan fingerprint density at radius 1 is 0.744 bits per heavy atom. The van der Waals surface area contributed by atoms with Crippen molar-refractivity contribution < 1.29 is 28.5 Å². The second-order valence-corrected chi connectivity index (χ2v) is 10.3. The summed E-state index contributed by atoms with van der Waals surface area (Å²) in [5, 5.41) is 2.89. The number of carbonyl (C=O) groups excluding carboxylic acids is 2. The van der Waals surface area contributed by atoms with E-state index in [-0.39, 0.29) is 12.5 Å². The van der Waals surface area contributed by atoms with E-state index in [0.29, 0.717) is 42.6 Å². The van der Waals surface area contributed by atoms with Gasteiger partial charge in [0.25, 0.3) is 5.91 Å². The van der Waals surface area contributed by atoms with Gasteiger partial charge >= 0.3 is 5.97 Å². The van der Waals surface area contributed by atoms with Gasteiger partial charge in [0, 0.05) is 12.0 Å². The molecule has 0 bridgehead atoms. The highest BCUT2D eigenvalue weighted by Gasteiger charge is 2.23. The first kappa shape index (κ1) is 31.2. The van der Waals surface area contributed by atoms with E-state index in [1.54, 1.807) is 14.0 Å². The minimum Gasteiger partial charge on any atom is -0.497 e. The minimum atomic E-state index is -0.767. The lowest BCUT2D eigenvalue weighted by Crippen LogP contribution is -2.31. The van der Waals surface area contributed by atoms with Crippen LogP contribution in [0.1, 0.15) is 48.2 Å². The van der Waals surface area contributed by atoms with Crippen molar-refractivity contribution in [1.29, 1.82) is 0 Å². The number of ether oxygens (including phenoxy) is 4. The molecule has 0 spiro atoms. The van der Waals surface area contributed by atoms with Crippen LogP contribution in [0.2, 0.25) is 0 Å². The molecular formula is C36H39NO6. The van der Waals surface area contributed by atoms with Crippen molar-refractivity contribution >= 4 is 11.9 Å². The molecule has 0 radical (unpaired) electrons. The van der Waals surface area contributed by atoms with E-state index in [9.17, 15) is 9.59 Å². The van der Waals surface area contributed by atoms with Crippen LogP contribution in [0.25, 0.3) is 11.1 Å². The number of esters is 1. The van der Waals surface area contributed by atoms with E-state index in [1.807, 2.05) is 97.1 Å². The average Bonchev–Trinajstić information content (AvgIpc) is 3.04. The summed E-state index contributed by atoms with van der Waals surface area (Å²) in [4.78, 5) is 25.2. The topological polar surface area (TPSA) is 83.1 Å². The maximum atomic E-state index is 12.6. The highest BCUT2D eigenvalue weighted by molar-refractivity contribution is 5.94. The van der Waals surface area contributed by atoms with Gasteiger partial charge in [0.2, 0.25) is 0 Å². The SMILES string of the molecule is CCOC(=O)C(Cc1ccc(OCCNC(=O)c2ccc(-c3ccc(OC)cc3)cc2)cc1)Oc1ccc(C(C)C)cc1. The third-order valence-electron chi connectivity index (χ3n) is 6.95. The number of nitrogens with one attached hydrogen (secondary N) is 1. The van der Waals surface area contributed by atoms with Crippen LogP contribution in [0.15, 0.2) is 97.1 Å². The molecule has 0 fully saturated rings. The molecule has 43 heavy (non-hydrogen) atoms. The molecular weight excluding hydrogens is 542 g/mol. The van der Waals surface area contributed by atoms with Crippen LogP contribution >= 0.6 is 0 Å². The third-order valence-corrected chi connectivity index (χ3v) is 6.95. The number of methoxy groups -OCH3 is 1. The fourth-order valence-electron chi connectivity index (χ4n) is 4.47. The van der Waals surface area contributed by atoms with Crippen molar-refractivity contribution in [2.24, 2.45) is 0 Å². The summed E-state index contributed by atoms with van der Waals surface area (Å²) in [6, 6.07) is 30.5. The standard InChI is InChI=1S/C36H39NO6/c1-5-41-36(39)34(43-33-20-12-27(13-21-33)25(2)3)24-26-6-16-32(17-7-26)42-23-22-37-35(38)30-10-8-28(9-11-30)29-14-18-31(40-4)19-15-29/h6-21,25,34H,5,22-24H2,1-4H3,(H,37,38). The zero-order valence-corrected chi connectivity index (χ0v) is 25.2. The molecule has 224 valence electrons. The molecule has 0 saturated carbocycles. The normalized spacial score (nSPS) is 11.5. The number of amides is 1. The number of rotatable bonds is 14. The molecule has 4 aromatic rings. The summed E-state index contributed by atoms with van der Waals surface area (Å²) in [5.41, 5.74) is 4.76. The van der Waals surface area contributed by atoms with E-state index in [1.165, 1.54) is 5.56 Å². The van der Waals surface area contributed by atoms with Gasteiger partial charge in [-0.1, -0.05) is 62.4 Å². The molecule has 4 aromatic carbocycles. The Morgan fingerprint density at radius 3 is 1.91 bits per heavy atom. The number of benzene rings is 4. The van der Waals surface area contributed by atoms with Crippen LogP contribution in [-0.4, -0.2) is 44.8 Å². The molecule has 4 rings (SSSR count). The molecule has 1 amide bonds. The molecule has 0 heterocycles. The zero-order valence-electron chi connectivity index (χ0n) is 25.2. The van der Waals surface area contributed by atoms with Crippen LogP contribution in [0.4, 0.5) is 0 Å². The quantitative estimate of drug-likeness (QED) is 0.130. The predicted molar refractivity (Wildman–Crippen MR) is 168 cm³/mol. The van der Waals surface area contributed by atoms with Crippen LogP contribution in [0, 0.1) is 0 Å².